The molecule has 10 heteroatoms. The lowest BCUT2D eigenvalue weighted by Crippen LogP contribution is -2.14. The van der Waals surface area contributed by atoms with Gasteiger partial charge in [-0.25, -0.2) is 32.4 Å². The molecule has 2 N–H and O–H groups in total. The maximum Gasteiger partial charge on any atom is 0.252 e. The van der Waals surface area contributed by atoms with Crippen LogP contribution in [-0.4, -0.2) is 15.7 Å². The van der Waals surface area contributed by atoms with Crippen molar-refractivity contribution in [2.75, 3.05) is 5.43 Å². The molecule has 2 aromatic rings. The Hall–Kier alpha value is -2.78. The number of H-pyrrole nitrogens is 1. The lowest BCUT2D eigenvalue weighted by Gasteiger charge is -2.08. The lowest BCUT2D eigenvalue weighted by molar-refractivity contribution is 0.377. The minimum Gasteiger partial charge on any atom is -0.291 e. The van der Waals surface area contributed by atoms with Crippen LogP contribution in [0.25, 0.3) is 0 Å². The summed E-state index contributed by atoms with van der Waals surface area (Å²) in [5, 5.41) is 3.48. The first-order valence-electron chi connectivity index (χ1n) is 6.12. The van der Waals surface area contributed by atoms with Gasteiger partial charge in [0.1, 0.15) is 0 Å². The van der Waals surface area contributed by atoms with E-state index in [2.05, 4.69) is 20.5 Å². The van der Waals surface area contributed by atoms with Crippen LogP contribution in [0.1, 0.15) is 18.2 Å². The first-order chi connectivity index (χ1) is 10.7. The molecule has 0 saturated carbocycles. The van der Waals surface area contributed by atoms with Crippen LogP contribution in [-0.2, 0) is 0 Å². The number of aryl methyl sites for hydroxylation is 1. The minimum absolute atomic E-state index is 0.154. The highest BCUT2D eigenvalue weighted by molar-refractivity contribution is 5.99. The monoisotopic (exact) mass is 332 g/mol. The summed E-state index contributed by atoms with van der Waals surface area (Å²) in [6.07, 6.45) is 0. The fraction of sp³-hybridized carbons (Fsp3) is 0.154. The molecule has 0 saturated heterocycles. The van der Waals surface area contributed by atoms with Crippen LogP contribution in [0.5, 0.6) is 0 Å². The van der Waals surface area contributed by atoms with E-state index in [0.29, 0.717) is 5.69 Å². The number of anilines is 1. The normalized spacial score (nSPS) is 11.7. The van der Waals surface area contributed by atoms with Crippen molar-refractivity contribution in [2.24, 2.45) is 5.10 Å². The van der Waals surface area contributed by atoms with Crippen molar-refractivity contribution in [1.82, 2.24) is 9.97 Å². The number of nitrogens with one attached hydrogen (secondary N) is 2. The van der Waals surface area contributed by atoms with Gasteiger partial charge in [-0.05, 0) is 13.8 Å². The average Bonchev–Trinajstić information content (AvgIpc) is 2.48. The second kappa shape index (κ2) is 6.15. The number of hydrogen-bond donors (Lipinski definition) is 2. The molecule has 5 nitrogen and oxygen atoms in total. The molecule has 23 heavy (non-hydrogen) atoms. The molecular weight excluding hydrogens is 323 g/mol. The standard InChI is InChI=1S/C13H9F5N4O/c1-4-3-6(23)20-13(19-4)22-21-5(2)7-8(14)10(16)12(18)11(17)9(7)15/h3H,1-2H3,(H2,19,20,22,23)/b21-5-. The average molecular weight is 332 g/mol. The van der Waals surface area contributed by atoms with Crippen LogP contribution in [0.3, 0.4) is 0 Å². The predicted octanol–water partition coefficient (Wildman–Crippen LogP) is 2.61. The van der Waals surface area contributed by atoms with Gasteiger partial charge in [0.15, 0.2) is 23.3 Å². The fourth-order valence-electron chi connectivity index (χ4n) is 1.75. The molecule has 122 valence electrons. The second-order valence-corrected chi connectivity index (χ2v) is 4.49. The van der Waals surface area contributed by atoms with E-state index in [9.17, 15) is 26.7 Å². The van der Waals surface area contributed by atoms with Crippen molar-refractivity contribution in [3.8, 4) is 0 Å². The van der Waals surface area contributed by atoms with Crippen LogP contribution in [0.4, 0.5) is 27.9 Å². The van der Waals surface area contributed by atoms with E-state index in [4.69, 9.17) is 0 Å². The smallest absolute Gasteiger partial charge is 0.252 e. The van der Waals surface area contributed by atoms with Gasteiger partial charge in [0.2, 0.25) is 11.8 Å². The van der Waals surface area contributed by atoms with Gasteiger partial charge in [-0.1, -0.05) is 0 Å². The number of aromatic amines is 1. The Balaban J connectivity index is 2.44. The van der Waals surface area contributed by atoms with Gasteiger partial charge in [0.25, 0.3) is 5.56 Å². The van der Waals surface area contributed by atoms with Gasteiger partial charge in [0.05, 0.1) is 11.3 Å². The van der Waals surface area contributed by atoms with E-state index in [0.717, 1.165) is 6.92 Å². The van der Waals surface area contributed by atoms with Crippen LogP contribution >= 0.6 is 0 Å². The number of benzene rings is 1. The fourth-order valence-corrected chi connectivity index (χ4v) is 1.75. The van der Waals surface area contributed by atoms with Gasteiger partial charge in [-0.15, -0.1) is 0 Å². The molecule has 1 heterocycles. The van der Waals surface area contributed by atoms with Crippen molar-refractivity contribution in [2.45, 2.75) is 13.8 Å². The number of halogens is 5. The third-order valence-electron chi connectivity index (χ3n) is 2.77. The lowest BCUT2D eigenvalue weighted by atomic mass is 10.1. The van der Waals surface area contributed by atoms with Crippen molar-refractivity contribution in [3.63, 3.8) is 0 Å². The topological polar surface area (TPSA) is 70.1 Å². The molecule has 1 aromatic heterocycles. The number of aromatic nitrogens is 2. The van der Waals surface area contributed by atoms with Gasteiger partial charge in [-0.3, -0.25) is 9.78 Å². The third kappa shape index (κ3) is 3.20. The molecule has 0 aliphatic heterocycles. The maximum absolute atomic E-state index is 13.6. The maximum atomic E-state index is 13.6. The summed E-state index contributed by atoms with van der Waals surface area (Å²) in [6, 6.07) is 1.19. The zero-order chi connectivity index (χ0) is 17.3. The van der Waals surface area contributed by atoms with Crippen LogP contribution in [0.2, 0.25) is 0 Å². The van der Waals surface area contributed by atoms with E-state index in [1.54, 1.807) is 0 Å². The zero-order valence-corrected chi connectivity index (χ0v) is 11.8. The molecular formula is C13H9F5N4O. The molecule has 0 fully saturated rings. The Kier molecular flexibility index (Phi) is 4.43. The molecule has 0 amide bonds. The summed E-state index contributed by atoms with van der Waals surface area (Å²) in [5.74, 6) is -10.6. The molecule has 0 aliphatic rings. The predicted molar refractivity (Wildman–Crippen MR) is 71.7 cm³/mol. The van der Waals surface area contributed by atoms with Gasteiger partial charge in [0, 0.05) is 11.8 Å². The Morgan fingerprint density at radius 1 is 1.09 bits per heavy atom. The summed E-state index contributed by atoms with van der Waals surface area (Å²) in [7, 11) is 0. The molecule has 0 spiro atoms. The molecule has 0 aliphatic carbocycles. The van der Waals surface area contributed by atoms with Crippen LogP contribution in [0.15, 0.2) is 16.0 Å². The third-order valence-corrected chi connectivity index (χ3v) is 2.77. The number of hydrazone groups is 1. The van der Waals surface area contributed by atoms with E-state index in [1.165, 1.54) is 13.0 Å². The van der Waals surface area contributed by atoms with Gasteiger partial charge in [-0.2, -0.15) is 5.10 Å². The summed E-state index contributed by atoms with van der Waals surface area (Å²) in [6.45, 7) is 2.54. The Bertz CT molecular complexity index is 833. The first-order valence-corrected chi connectivity index (χ1v) is 6.12. The van der Waals surface area contributed by atoms with E-state index in [1.807, 2.05) is 0 Å². The minimum atomic E-state index is -2.26. The van der Waals surface area contributed by atoms with Gasteiger partial charge >= 0.3 is 0 Å². The van der Waals surface area contributed by atoms with Crippen LogP contribution < -0.4 is 11.0 Å². The second-order valence-electron chi connectivity index (χ2n) is 4.49. The van der Waals surface area contributed by atoms with E-state index in [-0.39, 0.29) is 5.95 Å². The highest BCUT2D eigenvalue weighted by Gasteiger charge is 2.27. The summed E-state index contributed by atoms with van der Waals surface area (Å²) in [5.41, 5.74) is 0.302. The van der Waals surface area contributed by atoms with Gasteiger partial charge < -0.3 is 0 Å². The molecule has 1 aromatic carbocycles. The van der Waals surface area contributed by atoms with Crippen molar-refractivity contribution >= 4 is 11.7 Å². The van der Waals surface area contributed by atoms with E-state index >= 15 is 0 Å². The summed E-state index contributed by atoms with van der Waals surface area (Å²) >= 11 is 0. The Labute approximate surface area is 125 Å². The van der Waals surface area contributed by atoms with E-state index < -0.39 is 45.9 Å². The number of nitrogens with zero attached hydrogens (tertiary/aromatic N) is 2. The molecule has 0 radical (unpaired) electrons. The largest absolute Gasteiger partial charge is 0.291 e. The highest BCUT2D eigenvalue weighted by atomic mass is 19.2. The van der Waals surface area contributed by atoms with Crippen molar-refractivity contribution in [1.29, 1.82) is 0 Å². The molecule has 0 bridgehead atoms. The number of rotatable bonds is 3. The first kappa shape index (κ1) is 16.6. The molecule has 2 rings (SSSR count). The van der Waals surface area contributed by atoms with Crippen molar-refractivity contribution < 1.29 is 22.0 Å². The summed E-state index contributed by atoms with van der Waals surface area (Å²) in [4.78, 5) is 17.3. The summed E-state index contributed by atoms with van der Waals surface area (Å²) < 4.78 is 66.4. The molecule has 0 atom stereocenters. The molecule has 0 unspecified atom stereocenters. The quantitative estimate of drug-likeness (QED) is 0.298. The highest BCUT2D eigenvalue weighted by Crippen LogP contribution is 2.23. The SMILES string of the molecule is C/C(=N/Nc1nc(C)cc(=O)[nH]1)c1c(F)c(F)c(F)c(F)c1F. The zero-order valence-electron chi connectivity index (χ0n) is 11.8. The number of hydrogen-bond acceptors (Lipinski definition) is 4. The Morgan fingerprint density at radius 3 is 2.13 bits per heavy atom. The van der Waals surface area contributed by atoms with Crippen molar-refractivity contribution in [3.05, 3.63) is 56.8 Å². The van der Waals surface area contributed by atoms with Crippen LogP contribution in [0, 0.1) is 36.0 Å². The Morgan fingerprint density at radius 2 is 1.61 bits per heavy atom.